The van der Waals surface area contributed by atoms with E-state index in [0.29, 0.717) is 25.7 Å². The van der Waals surface area contributed by atoms with Crippen LogP contribution in [0.1, 0.15) is 96.3 Å². The van der Waals surface area contributed by atoms with Gasteiger partial charge in [0.15, 0.2) is 0 Å². The third-order valence-corrected chi connectivity index (χ3v) is 8.24. The molecule has 1 unspecified atom stereocenters. The first kappa shape index (κ1) is 25.2. The van der Waals surface area contributed by atoms with Crippen molar-refractivity contribution in [3.8, 4) is 0 Å². The predicted octanol–water partition coefficient (Wildman–Crippen LogP) is 5.20. The molecule has 5 heteroatoms. The fraction of sp³-hybridized carbons (Fsp3) is 0.778. The minimum Gasteiger partial charge on any atom is -0.481 e. The molecule has 3 fully saturated rings. The van der Waals surface area contributed by atoms with Crippen LogP contribution in [0.3, 0.4) is 0 Å². The zero-order chi connectivity index (χ0) is 23.0. The Bertz CT molecular complexity index is 672. The maximum absolute atomic E-state index is 12.4. The van der Waals surface area contributed by atoms with Crippen LogP contribution in [0, 0.1) is 23.2 Å². The standard InChI is InChI=1S/C27H42O5/c28-23-18-24(29)22(21(23)12-6-1-2-7-15-26(31)32)13-8-14-25(30)27(16-9-17-27)19-20-10-4-3-5-11-20/h1,6,8,13,20-22,24-25,29-30H,2-5,7,9-12,14-19H2,(H,31,32)/t21-,22-,24-,25?/m1/s1. The average Bonchev–Trinajstić information content (AvgIpc) is 3.00. The smallest absolute Gasteiger partial charge is 0.303 e. The molecule has 0 bridgehead atoms. The van der Waals surface area contributed by atoms with Crippen molar-refractivity contribution in [1.82, 2.24) is 0 Å². The lowest BCUT2D eigenvalue weighted by atomic mass is 9.59. The molecule has 3 aliphatic carbocycles. The van der Waals surface area contributed by atoms with Crippen LogP contribution >= 0.6 is 0 Å². The van der Waals surface area contributed by atoms with Crippen molar-refractivity contribution in [2.24, 2.45) is 23.2 Å². The summed E-state index contributed by atoms with van der Waals surface area (Å²) in [4.78, 5) is 23.0. The first-order valence-electron chi connectivity index (χ1n) is 12.8. The van der Waals surface area contributed by atoms with E-state index < -0.39 is 12.1 Å². The molecule has 0 aliphatic heterocycles. The fourth-order valence-corrected chi connectivity index (χ4v) is 6.14. The third kappa shape index (κ3) is 6.77. The molecule has 0 amide bonds. The Morgan fingerprint density at radius 3 is 2.50 bits per heavy atom. The lowest BCUT2D eigenvalue weighted by molar-refractivity contribution is -0.137. The van der Waals surface area contributed by atoms with Gasteiger partial charge in [0.1, 0.15) is 5.78 Å². The number of carbonyl (C=O) groups excluding carboxylic acids is 1. The Kier molecular flexibility index (Phi) is 9.54. The lowest BCUT2D eigenvalue weighted by Crippen LogP contribution is -2.43. The number of carbonyl (C=O) groups is 2. The quantitative estimate of drug-likeness (QED) is 0.283. The molecule has 0 radical (unpaired) electrons. The maximum Gasteiger partial charge on any atom is 0.303 e. The number of rotatable bonds is 12. The molecule has 0 spiro atoms. The molecule has 5 nitrogen and oxygen atoms in total. The summed E-state index contributed by atoms with van der Waals surface area (Å²) in [5.41, 5.74) is 0.0779. The summed E-state index contributed by atoms with van der Waals surface area (Å²) in [5, 5.41) is 30.1. The summed E-state index contributed by atoms with van der Waals surface area (Å²) in [6.07, 6.45) is 20.9. The highest BCUT2D eigenvalue weighted by Crippen LogP contribution is 2.51. The number of ketones is 1. The van der Waals surface area contributed by atoms with Crippen molar-refractivity contribution in [2.75, 3.05) is 0 Å². The van der Waals surface area contributed by atoms with Gasteiger partial charge in [-0.05, 0) is 56.3 Å². The summed E-state index contributed by atoms with van der Waals surface area (Å²) in [6.45, 7) is 0. The molecule has 3 N–H and O–H groups in total. The van der Waals surface area contributed by atoms with Crippen molar-refractivity contribution in [3.05, 3.63) is 24.3 Å². The molecule has 3 saturated carbocycles. The predicted molar refractivity (Wildman–Crippen MR) is 125 cm³/mol. The number of Topliss-reactive ketones (excluding diaryl/α,β-unsaturated/α-hetero) is 1. The zero-order valence-corrected chi connectivity index (χ0v) is 19.5. The highest BCUT2D eigenvalue weighted by atomic mass is 16.4. The average molecular weight is 447 g/mol. The van der Waals surface area contributed by atoms with Crippen molar-refractivity contribution in [3.63, 3.8) is 0 Å². The van der Waals surface area contributed by atoms with Crippen molar-refractivity contribution in [1.29, 1.82) is 0 Å². The highest BCUT2D eigenvalue weighted by Gasteiger charge is 2.44. The Morgan fingerprint density at radius 1 is 1.09 bits per heavy atom. The van der Waals surface area contributed by atoms with Crippen molar-refractivity contribution in [2.45, 2.75) is 109 Å². The van der Waals surface area contributed by atoms with Gasteiger partial charge in [0.2, 0.25) is 0 Å². The first-order chi connectivity index (χ1) is 15.4. The van der Waals surface area contributed by atoms with Gasteiger partial charge in [-0.3, -0.25) is 9.59 Å². The molecule has 0 aromatic rings. The van der Waals surface area contributed by atoms with Crippen LogP contribution in [0.4, 0.5) is 0 Å². The van der Waals surface area contributed by atoms with E-state index in [4.69, 9.17) is 5.11 Å². The van der Waals surface area contributed by atoms with Crippen LogP contribution in [0.2, 0.25) is 0 Å². The number of carboxylic acids is 1. The highest BCUT2D eigenvalue weighted by molar-refractivity contribution is 5.84. The number of allylic oxidation sites excluding steroid dienone is 2. The summed E-state index contributed by atoms with van der Waals surface area (Å²) >= 11 is 0. The Hall–Kier alpha value is -1.46. The van der Waals surface area contributed by atoms with E-state index in [9.17, 15) is 19.8 Å². The number of aliphatic hydroxyl groups is 2. The second-order valence-electron chi connectivity index (χ2n) is 10.5. The van der Waals surface area contributed by atoms with Crippen LogP contribution in [0.5, 0.6) is 0 Å². The minimum absolute atomic E-state index is 0.0779. The molecule has 32 heavy (non-hydrogen) atoms. The van der Waals surface area contributed by atoms with Crippen LogP contribution in [-0.4, -0.2) is 39.3 Å². The maximum atomic E-state index is 12.4. The van der Waals surface area contributed by atoms with E-state index >= 15 is 0 Å². The van der Waals surface area contributed by atoms with E-state index in [1.807, 2.05) is 24.3 Å². The molecule has 3 aliphatic rings. The second kappa shape index (κ2) is 12.1. The lowest BCUT2D eigenvalue weighted by Gasteiger charge is -2.48. The number of hydrogen-bond acceptors (Lipinski definition) is 4. The van der Waals surface area contributed by atoms with Gasteiger partial charge in [-0.1, -0.05) is 62.8 Å². The Balaban J connectivity index is 1.49. The van der Waals surface area contributed by atoms with Crippen LogP contribution in [-0.2, 0) is 9.59 Å². The van der Waals surface area contributed by atoms with Gasteiger partial charge in [-0.15, -0.1) is 0 Å². The van der Waals surface area contributed by atoms with Gasteiger partial charge in [-0.25, -0.2) is 0 Å². The van der Waals surface area contributed by atoms with Gasteiger partial charge >= 0.3 is 5.97 Å². The summed E-state index contributed by atoms with van der Waals surface area (Å²) < 4.78 is 0. The molecule has 4 atom stereocenters. The van der Waals surface area contributed by atoms with Gasteiger partial charge in [0, 0.05) is 24.7 Å². The van der Waals surface area contributed by atoms with E-state index in [1.54, 1.807) is 0 Å². The molecule has 0 aromatic heterocycles. The SMILES string of the molecule is O=C(O)CCCC=CC[C@H]1C(=O)C[C@@H](O)[C@@H]1C=CCC(O)C1(CC2CCCCC2)CCC1. The monoisotopic (exact) mass is 446 g/mol. The molecule has 3 rings (SSSR count). The van der Waals surface area contributed by atoms with Gasteiger partial charge in [0.25, 0.3) is 0 Å². The minimum atomic E-state index is -0.790. The van der Waals surface area contributed by atoms with E-state index in [0.717, 1.165) is 25.2 Å². The van der Waals surface area contributed by atoms with E-state index in [2.05, 4.69) is 0 Å². The topological polar surface area (TPSA) is 94.8 Å². The molecule has 180 valence electrons. The van der Waals surface area contributed by atoms with Crippen molar-refractivity contribution < 1.29 is 24.9 Å². The largest absolute Gasteiger partial charge is 0.481 e. The van der Waals surface area contributed by atoms with E-state index in [-0.39, 0.29) is 42.0 Å². The zero-order valence-electron chi connectivity index (χ0n) is 19.5. The van der Waals surface area contributed by atoms with Gasteiger partial charge in [0.05, 0.1) is 12.2 Å². The molecular weight excluding hydrogens is 404 g/mol. The Labute approximate surface area is 193 Å². The summed E-state index contributed by atoms with van der Waals surface area (Å²) in [6, 6.07) is 0. The molecular formula is C27H42O5. The normalized spacial score (nSPS) is 29.6. The molecule has 0 heterocycles. The van der Waals surface area contributed by atoms with Gasteiger partial charge < -0.3 is 15.3 Å². The number of unbranched alkanes of at least 4 members (excludes halogenated alkanes) is 1. The molecule has 0 aromatic carbocycles. The van der Waals surface area contributed by atoms with Crippen LogP contribution in [0.25, 0.3) is 0 Å². The first-order valence-corrected chi connectivity index (χ1v) is 12.8. The number of aliphatic hydroxyl groups excluding tert-OH is 2. The van der Waals surface area contributed by atoms with Crippen molar-refractivity contribution >= 4 is 11.8 Å². The van der Waals surface area contributed by atoms with Gasteiger partial charge in [-0.2, -0.15) is 0 Å². The van der Waals surface area contributed by atoms with Crippen LogP contribution in [0.15, 0.2) is 24.3 Å². The number of hydrogen-bond donors (Lipinski definition) is 3. The fourth-order valence-electron chi connectivity index (χ4n) is 6.14. The molecule has 0 saturated heterocycles. The van der Waals surface area contributed by atoms with Crippen LogP contribution < -0.4 is 0 Å². The third-order valence-electron chi connectivity index (χ3n) is 8.24. The Morgan fingerprint density at radius 2 is 1.84 bits per heavy atom. The number of carboxylic acid groups (broad SMARTS) is 1. The summed E-state index contributed by atoms with van der Waals surface area (Å²) in [7, 11) is 0. The van der Waals surface area contributed by atoms with E-state index in [1.165, 1.54) is 38.5 Å². The second-order valence-corrected chi connectivity index (χ2v) is 10.5. The number of aliphatic carboxylic acids is 1. The summed E-state index contributed by atoms with van der Waals surface area (Å²) in [5.74, 6) is -0.357.